The summed E-state index contributed by atoms with van der Waals surface area (Å²) in [5.74, 6) is 0.410. The topological polar surface area (TPSA) is 52.3 Å². The van der Waals surface area contributed by atoms with Crippen LogP contribution in [-0.2, 0) is 9.53 Å². The van der Waals surface area contributed by atoms with Crippen LogP contribution in [0.4, 0.5) is 0 Å². The summed E-state index contributed by atoms with van der Waals surface area (Å²) in [5.41, 5.74) is 6.00. The highest BCUT2D eigenvalue weighted by Crippen LogP contribution is 2.24. The zero-order valence-corrected chi connectivity index (χ0v) is 12.0. The molecule has 1 fully saturated rings. The molecule has 3 atom stereocenters. The van der Waals surface area contributed by atoms with E-state index in [1.54, 1.807) is 0 Å². The van der Waals surface area contributed by atoms with E-state index >= 15 is 0 Å². The second-order valence-corrected chi connectivity index (χ2v) is 5.60. The van der Waals surface area contributed by atoms with Crippen molar-refractivity contribution in [1.82, 2.24) is 0 Å². The molecule has 0 aromatic carbocycles. The number of unbranched alkanes of at least 4 members (excludes halogenated alkanes) is 1. The monoisotopic (exact) mass is 255 g/mol. The van der Waals surface area contributed by atoms with Gasteiger partial charge in [-0.15, -0.1) is 0 Å². The van der Waals surface area contributed by atoms with E-state index in [0.29, 0.717) is 12.5 Å². The molecule has 3 heteroatoms. The molecule has 0 aromatic heterocycles. The van der Waals surface area contributed by atoms with Crippen molar-refractivity contribution in [1.29, 1.82) is 0 Å². The lowest BCUT2D eigenvalue weighted by atomic mass is 9.85. The van der Waals surface area contributed by atoms with Crippen LogP contribution in [0.1, 0.15) is 65.2 Å². The molecule has 3 unspecified atom stereocenters. The first-order valence-electron chi connectivity index (χ1n) is 7.61. The average Bonchev–Trinajstić information content (AvgIpc) is 2.39. The van der Waals surface area contributed by atoms with Crippen molar-refractivity contribution in [3.8, 4) is 0 Å². The molecule has 0 spiro atoms. The van der Waals surface area contributed by atoms with E-state index in [1.807, 2.05) is 0 Å². The molecule has 0 bridgehead atoms. The molecule has 1 aliphatic carbocycles. The predicted molar refractivity (Wildman–Crippen MR) is 74.2 cm³/mol. The van der Waals surface area contributed by atoms with E-state index in [-0.39, 0.29) is 17.9 Å². The number of nitrogens with two attached hydrogens (primary N) is 1. The maximum Gasteiger partial charge on any atom is 0.310 e. The summed E-state index contributed by atoms with van der Waals surface area (Å²) in [4.78, 5) is 12.0. The van der Waals surface area contributed by atoms with Gasteiger partial charge in [0, 0.05) is 6.04 Å². The minimum atomic E-state index is -0.0582. The zero-order valence-electron chi connectivity index (χ0n) is 12.0. The zero-order chi connectivity index (χ0) is 13.4. The average molecular weight is 255 g/mol. The second kappa shape index (κ2) is 8.52. The van der Waals surface area contributed by atoms with Crippen molar-refractivity contribution < 1.29 is 9.53 Å². The smallest absolute Gasteiger partial charge is 0.310 e. The summed E-state index contributed by atoms with van der Waals surface area (Å²) in [6, 6.07) is 0.0157. The molecule has 0 aromatic rings. The maximum absolute atomic E-state index is 12.0. The van der Waals surface area contributed by atoms with Crippen LogP contribution in [-0.4, -0.2) is 18.6 Å². The van der Waals surface area contributed by atoms with Crippen LogP contribution in [0.25, 0.3) is 0 Å². The largest absolute Gasteiger partial charge is 0.465 e. The van der Waals surface area contributed by atoms with E-state index < -0.39 is 0 Å². The quantitative estimate of drug-likeness (QED) is 0.710. The number of rotatable bonds is 7. The molecular formula is C15H29NO2. The fourth-order valence-electron chi connectivity index (χ4n) is 2.66. The third-order valence-electron chi connectivity index (χ3n) is 4.13. The molecule has 0 saturated heterocycles. The first kappa shape index (κ1) is 15.5. The highest BCUT2D eigenvalue weighted by Gasteiger charge is 2.29. The number of hydrogen-bond donors (Lipinski definition) is 1. The van der Waals surface area contributed by atoms with Gasteiger partial charge < -0.3 is 10.5 Å². The first-order chi connectivity index (χ1) is 8.69. The Hall–Kier alpha value is -0.570. The molecule has 1 saturated carbocycles. The van der Waals surface area contributed by atoms with Crippen LogP contribution < -0.4 is 5.73 Å². The number of carbonyl (C=O) groups excluding carboxylic acids is 1. The Morgan fingerprint density at radius 1 is 1.33 bits per heavy atom. The molecule has 2 N–H and O–H groups in total. The van der Waals surface area contributed by atoms with Crippen LogP contribution in [0.2, 0.25) is 0 Å². The van der Waals surface area contributed by atoms with Gasteiger partial charge in [-0.1, -0.05) is 46.0 Å². The Bertz CT molecular complexity index is 243. The molecule has 3 nitrogen and oxygen atoms in total. The minimum absolute atomic E-state index is 0.0157. The van der Waals surface area contributed by atoms with Gasteiger partial charge in [-0.3, -0.25) is 4.79 Å². The minimum Gasteiger partial charge on any atom is -0.465 e. The molecule has 1 rings (SSSR count). The first-order valence-corrected chi connectivity index (χ1v) is 7.61. The van der Waals surface area contributed by atoms with Crippen molar-refractivity contribution in [2.45, 2.75) is 71.3 Å². The van der Waals surface area contributed by atoms with Gasteiger partial charge in [0.2, 0.25) is 0 Å². The Balaban J connectivity index is 2.29. The van der Waals surface area contributed by atoms with Gasteiger partial charge in [-0.25, -0.2) is 0 Å². The summed E-state index contributed by atoms with van der Waals surface area (Å²) in [6.07, 6.45) is 8.82. The molecule has 18 heavy (non-hydrogen) atoms. The number of carbonyl (C=O) groups is 1. The summed E-state index contributed by atoms with van der Waals surface area (Å²) in [5, 5.41) is 0. The Labute approximate surface area is 111 Å². The van der Waals surface area contributed by atoms with E-state index in [0.717, 1.165) is 38.5 Å². The molecule has 106 valence electrons. The van der Waals surface area contributed by atoms with Crippen LogP contribution >= 0.6 is 0 Å². The lowest BCUT2D eigenvalue weighted by Gasteiger charge is -2.27. The van der Waals surface area contributed by atoms with Crippen molar-refractivity contribution >= 4 is 5.97 Å². The van der Waals surface area contributed by atoms with E-state index in [1.165, 1.54) is 12.8 Å². The van der Waals surface area contributed by atoms with Crippen LogP contribution in [0.3, 0.4) is 0 Å². The lowest BCUT2D eigenvalue weighted by molar-refractivity contribution is -0.151. The number of hydrogen-bond acceptors (Lipinski definition) is 3. The van der Waals surface area contributed by atoms with E-state index in [4.69, 9.17) is 10.5 Å². The standard InChI is InChI=1S/C15H29NO2/c1-3-5-8-12(4-2)11-18-15(17)13-9-6-7-10-14(13)16/h12-14H,3-11,16H2,1-2H3. The lowest BCUT2D eigenvalue weighted by Crippen LogP contribution is -2.39. The summed E-state index contributed by atoms with van der Waals surface area (Å²) in [7, 11) is 0. The van der Waals surface area contributed by atoms with Crippen LogP contribution in [0.15, 0.2) is 0 Å². The summed E-state index contributed by atoms with van der Waals surface area (Å²) >= 11 is 0. The highest BCUT2D eigenvalue weighted by molar-refractivity contribution is 5.73. The van der Waals surface area contributed by atoms with E-state index in [2.05, 4.69) is 13.8 Å². The Morgan fingerprint density at radius 3 is 2.67 bits per heavy atom. The molecule has 0 heterocycles. The van der Waals surface area contributed by atoms with Gasteiger partial charge in [0.05, 0.1) is 12.5 Å². The van der Waals surface area contributed by atoms with Crippen molar-refractivity contribution in [3.63, 3.8) is 0 Å². The highest BCUT2D eigenvalue weighted by atomic mass is 16.5. The SMILES string of the molecule is CCCCC(CC)COC(=O)C1CCCCC1N. The van der Waals surface area contributed by atoms with Crippen molar-refractivity contribution in [2.24, 2.45) is 17.6 Å². The van der Waals surface area contributed by atoms with Crippen LogP contribution in [0.5, 0.6) is 0 Å². The van der Waals surface area contributed by atoms with Gasteiger partial charge in [0.1, 0.15) is 0 Å². The predicted octanol–water partition coefficient (Wildman–Crippen LogP) is 3.26. The fourth-order valence-corrected chi connectivity index (χ4v) is 2.66. The molecule has 0 radical (unpaired) electrons. The van der Waals surface area contributed by atoms with Gasteiger partial charge in [-0.2, -0.15) is 0 Å². The van der Waals surface area contributed by atoms with E-state index in [9.17, 15) is 4.79 Å². The van der Waals surface area contributed by atoms with Gasteiger partial charge in [0.15, 0.2) is 0 Å². The van der Waals surface area contributed by atoms with Gasteiger partial charge in [0.25, 0.3) is 0 Å². The summed E-state index contributed by atoms with van der Waals surface area (Å²) in [6.45, 7) is 4.94. The Kier molecular flexibility index (Phi) is 7.33. The molecule has 0 aliphatic heterocycles. The van der Waals surface area contributed by atoms with Gasteiger partial charge >= 0.3 is 5.97 Å². The molecule has 0 amide bonds. The van der Waals surface area contributed by atoms with Crippen LogP contribution in [0, 0.1) is 11.8 Å². The maximum atomic E-state index is 12.0. The van der Waals surface area contributed by atoms with Crippen molar-refractivity contribution in [3.05, 3.63) is 0 Å². The number of esters is 1. The third-order valence-corrected chi connectivity index (χ3v) is 4.13. The van der Waals surface area contributed by atoms with Gasteiger partial charge in [-0.05, 0) is 25.2 Å². The third kappa shape index (κ3) is 4.97. The van der Waals surface area contributed by atoms with Crippen molar-refractivity contribution in [2.75, 3.05) is 6.61 Å². The summed E-state index contributed by atoms with van der Waals surface area (Å²) < 4.78 is 5.48. The second-order valence-electron chi connectivity index (χ2n) is 5.60. The number of ether oxygens (including phenoxy) is 1. The normalized spacial score (nSPS) is 25.7. The Morgan fingerprint density at radius 2 is 2.06 bits per heavy atom. The molecule has 1 aliphatic rings. The fraction of sp³-hybridized carbons (Fsp3) is 0.933. The molecular weight excluding hydrogens is 226 g/mol.